The highest BCUT2D eigenvalue weighted by Crippen LogP contribution is 2.21. The van der Waals surface area contributed by atoms with Crippen LogP contribution in [0.5, 0.6) is 0 Å². The van der Waals surface area contributed by atoms with Crippen LogP contribution in [0.3, 0.4) is 0 Å². The largest absolute Gasteiger partial charge is 0.389 e. The van der Waals surface area contributed by atoms with E-state index in [1.165, 1.54) is 0 Å². The summed E-state index contributed by atoms with van der Waals surface area (Å²) in [5.41, 5.74) is 4.85. The molecule has 0 aliphatic heterocycles. The zero-order chi connectivity index (χ0) is 8.91. The Kier molecular flexibility index (Phi) is 4.69. The second kappa shape index (κ2) is 4.73. The van der Waals surface area contributed by atoms with E-state index in [2.05, 4.69) is 13.8 Å². The molecule has 2 unspecified atom stereocenters. The smallest absolute Gasteiger partial charge is 0.0769 e. The van der Waals surface area contributed by atoms with Gasteiger partial charge in [-0.05, 0) is 18.8 Å². The molecule has 0 rings (SSSR count). The first-order valence-corrected chi connectivity index (χ1v) is 4.50. The molecule has 0 spiro atoms. The van der Waals surface area contributed by atoms with E-state index in [9.17, 15) is 5.11 Å². The van der Waals surface area contributed by atoms with Crippen LogP contribution in [0.2, 0.25) is 0 Å². The van der Waals surface area contributed by atoms with Gasteiger partial charge in [-0.2, -0.15) is 0 Å². The van der Waals surface area contributed by atoms with Crippen molar-refractivity contribution in [2.45, 2.75) is 45.6 Å². The molecule has 0 aromatic rings. The molecule has 0 heterocycles. The Morgan fingerprint density at radius 2 is 2.00 bits per heavy atom. The van der Waals surface area contributed by atoms with Crippen molar-refractivity contribution in [3.05, 3.63) is 0 Å². The van der Waals surface area contributed by atoms with Gasteiger partial charge in [0.1, 0.15) is 0 Å². The van der Waals surface area contributed by atoms with Crippen LogP contribution >= 0.6 is 0 Å². The molecule has 11 heavy (non-hydrogen) atoms. The van der Waals surface area contributed by atoms with Crippen molar-refractivity contribution < 1.29 is 5.11 Å². The van der Waals surface area contributed by atoms with E-state index in [1.54, 1.807) is 0 Å². The number of hydrogen-bond donors (Lipinski definition) is 2. The lowest BCUT2D eigenvalue weighted by molar-refractivity contribution is 0.0219. The van der Waals surface area contributed by atoms with Gasteiger partial charge in [0.25, 0.3) is 0 Å². The summed E-state index contributed by atoms with van der Waals surface area (Å²) < 4.78 is 0. The summed E-state index contributed by atoms with van der Waals surface area (Å²) in [6.45, 7) is 6.65. The van der Waals surface area contributed by atoms with E-state index >= 15 is 0 Å². The van der Waals surface area contributed by atoms with Gasteiger partial charge in [-0.15, -0.1) is 0 Å². The highest BCUT2D eigenvalue weighted by Gasteiger charge is 2.24. The van der Waals surface area contributed by atoms with Gasteiger partial charge in [-0.3, -0.25) is 0 Å². The van der Waals surface area contributed by atoms with Crippen LogP contribution in [0.1, 0.15) is 40.0 Å². The zero-order valence-corrected chi connectivity index (χ0v) is 7.93. The van der Waals surface area contributed by atoms with Crippen molar-refractivity contribution in [3.8, 4) is 0 Å². The molecule has 2 heteroatoms. The highest BCUT2D eigenvalue weighted by molar-refractivity contribution is 4.79. The van der Waals surface area contributed by atoms with Gasteiger partial charge in [0.15, 0.2) is 0 Å². The highest BCUT2D eigenvalue weighted by atomic mass is 16.3. The molecule has 0 saturated heterocycles. The molecule has 2 atom stereocenters. The maximum absolute atomic E-state index is 9.81. The van der Waals surface area contributed by atoms with Crippen molar-refractivity contribution in [2.75, 3.05) is 6.54 Å². The van der Waals surface area contributed by atoms with Gasteiger partial charge in [0.2, 0.25) is 0 Å². The third kappa shape index (κ3) is 3.73. The molecule has 0 aromatic heterocycles. The van der Waals surface area contributed by atoms with Crippen LogP contribution in [-0.4, -0.2) is 17.3 Å². The Balaban J connectivity index is 3.86. The summed E-state index contributed by atoms with van der Waals surface area (Å²) in [7, 11) is 0. The fourth-order valence-corrected chi connectivity index (χ4v) is 1.16. The lowest BCUT2D eigenvalue weighted by atomic mass is 9.88. The van der Waals surface area contributed by atoms with Crippen molar-refractivity contribution in [1.82, 2.24) is 0 Å². The van der Waals surface area contributed by atoms with Crippen molar-refractivity contribution in [2.24, 2.45) is 11.7 Å². The van der Waals surface area contributed by atoms with Crippen molar-refractivity contribution in [1.29, 1.82) is 0 Å². The molecule has 2 nitrogen and oxygen atoms in total. The summed E-state index contributed by atoms with van der Waals surface area (Å²) in [6, 6.07) is 0. The van der Waals surface area contributed by atoms with Gasteiger partial charge >= 0.3 is 0 Å². The maximum Gasteiger partial charge on any atom is 0.0769 e. The lowest BCUT2D eigenvalue weighted by Crippen LogP contribution is -2.38. The predicted molar refractivity (Wildman–Crippen MR) is 48.4 cm³/mol. The van der Waals surface area contributed by atoms with Gasteiger partial charge in [-0.1, -0.05) is 27.2 Å². The fourth-order valence-electron chi connectivity index (χ4n) is 1.16. The minimum Gasteiger partial charge on any atom is -0.389 e. The van der Waals surface area contributed by atoms with Gasteiger partial charge in [0, 0.05) is 6.54 Å². The fraction of sp³-hybridized carbons (Fsp3) is 1.00. The third-order valence-electron chi connectivity index (χ3n) is 2.46. The van der Waals surface area contributed by atoms with Gasteiger partial charge in [-0.25, -0.2) is 0 Å². The molecule has 0 aliphatic carbocycles. The molecule has 0 aliphatic rings. The standard InChI is InChI=1S/C9H21NO/c1-4-8(3)6-9(11,5-2)7-10/h8,11H,4-7,10H2,1-3H3. The molecular weight excluding hydrogens is 138 g/mol. The maximum atomic E-state index is 9.81. The summed E-state index contributed by atoms with van der Waals surface area (Å²) in [4.78, 5) is 0. The molecule has 0 aromatic carbocycles. The minimum atomic E-state index is -0.616. The van der Waals surface area contributed by atoms with E-state index < -0.39 is 5.60 Å². The van der Waals surface area contributed by atoms with Crippen LogP contribution in [-0.2, 0) is 0 Å². The number of nitrogens with two attached hydrogens (primary N) is 1. The number of aliphatic hydroxyl groups is 1. The second-order valence-electron chi connectivity index (χ2n) is 3.50. The minimum absolute atomic E-state index is 0.383. The molecule has 68 valence electrons. The first-order chi connectivity index (χ1) is 5.08. The zero-order valence-electron chi connectivity index (χ0n) is 7.93. The van der Waals surface area contributed by atoms with Crippen molar-refractivity contribution in [3.63, 3.8) is 0 Å². The SMILES string of the molecule is CCC(C)CC(O)(CC)CN. The van der Waals surface area contributed by atoms with Gasteiger partial charge < -0.3 is 10.8 Å². The molecule has 0 amide bonds. The number of rotatable bonds is 5. The average molecular weight is 159 g/mol. The van der Waals surface area contributed by atoms with Crippen LogP contribution < -0.4 is 5.73 Å². The lowest BCUT2D eigenvalue weighted by Gasteiger charge is -2.27. The molecule has 0 radical (unpaired) electrons. The Labute approximate surface area is 69.8 Å². The molecule has 0 bridgehead atoms. The quantitative estimate of drug-likeness (QED) is 0.639. The van der Waals surface area contributed by atoms with Crippen molar-refractivity contribution >= 4 is 0 Å². The third-order valence-corrected chi connectivity index (χ3v) is 2.46. The topological polar surface area (TPSA) is 46.2 Å². The van der Waals surface area contributed by atoms with E-state index in [-0.39, 0.29) is 0 Å². The van der Waals surface area contributed by atoms with E-state index in [4.69, 9.17) is 5.73 Å². The Bertz CT molecular complexity index is 99.7. The van der Waals surface area contributed by atoms with Crippen LogP contribution in [0.15, 0.2) is 0 Å². The van der Waals surface area contributed by atoms with Gasteiger partial charge in [0.05, 0.1) is 5.60 Å². The first kappa shape index (κ1) is 10.9. The second-order valence-corrected chi connectivity index (χ2v) is 3.50. The average Bonchev–Trinajstić information content (AvgIpc) is 2.04. The van der Waals surface area contributed by atoms with Crippen LogP contribution in [0, 0.1) is 5.92 Å². The van der Waals surface area contributed by atoms with Crippen LogP contribution in [0.4, 0.5) is 0 Å². The summed E-state index contributed by atoms with van der Waals surface area (Å²) in [6.07, 6.45) is 2.70. The Morgan fingerprint density at radius 3 is 2.27 bits per heavy atom. The summed E-state index contributed by atoms with van der Waals surface area (Å²) in [5.74, 6) is 0.573. The van der Waals surface area contributed by atoms with Crippen LogP contribution in [0.25, 0.3) is 0 Å². The Morgan fingerprint density at radius 1 is 1.45 bits per heavy atom. The first-order valence-electron chi connectivity index (χ1n) is 4.50. The van der Waals surface area contributed by atoms with E-state index in [0.717, 1.165) is 19.3 Å². The summed E-state index contributed by atoms with van der Waals surface area (Å²) in [5, 5.41) is 9.81. The monoisotopic (exact) mass is 159 g/mol. The molecular formula is C9H21NO. The predicted octanol–water partition coefficient (Wildman–Crippen LogP) is 1.52. The molecule has 3 N–H and O–H groups in total. The van der Waals surface area contributed by atoms with E-state index in [0.29, 0.717) is 12.5 Å². The molecule has 0 saturated carbocycles. The van der Waals surface area contributed by atoms with E-state index in [1.807, 2.05) is 6.92 Å². The normalized spacial score (nSPS) is 19.4. The summed E-state index contributed by atoms with van der Waals surface area (Å²) >= 11 is 0. The Hall–Kier alpha value is -0.0800. The number of hydrogen-bond acceptors (Lipinski definition) is 2. The molecule has 0 fully saturated rings.